The van der Waals surface area contributed by atoms with Crippen LogP contribution in [0.15, 0.2) is 36.5 Å². The van der Waals surface area contributed by atoms with Gasteiger partial charge in [-0.1, -0.05) is 13.8 Å². The molecule has 0 aliphatic carbocycles. The van der Waals surface area contributed by atoms with Gasteiger partial charge in [0.25, 0.3) is 5.91 Å². The van der Waals surface area contributed by atoms with E-state index in [0.29, 0.717) is 23.9 Å². The molecule has 134 valence electrons. The SMILES string of the molecule is CCCN(CCC)c1nccc(C(=O)Nc2ccc(OCC)cc2)n1. The van der Waals surface area contributed by atoms with Gasteiger partial charge in [-0.3, -0.25) is 4.79 Å². The molecule has 6 nitrogen and oxygen atoms in total. The fourth-order valence-corrected chi connectivity index (χ4v) is 2.48. The van der Waals surface area contributed by atoms with E-state index in [2.05, 4.69) is 34.0 Å². The van der Waals surface area contributed by atoms with E-state index >= 15 is 0 Å². The van der Waals surface area contributed by atoms with Crippen molar-refractivity contribution in [1.82, 2.24) is 9.97 Å². The van der Waals surface area contributed by atoms with Crippen molar-refractivity contribution in [2.75, 3.05) is 29.9 Å². The molecule has 0 bridgehead atoms. The lowest BCUT2D eigenvalue weighted by Crippen LogP contribution is -2.27. The Morgan fingerprint density at radius 1 is 1.08 bits per heavy atom. The Morgan fingerprint density at radius 2 is 1.76 bits per heavy atom. The van der Waals surface area contributed by atoms with Crippen LogP contribution in [0.2, 0.25) is 0 Å². The van der Waals surface area contributed by atoms with Gasteiger partial charge in [0.05, 0.1) is 6.61 Å². The van der Waals surface area contributed by atoms with Crippen molar-refractivity contribution in [2.24, 2.45) is 0 Å². The molecule has 1 aromatic carbocycles. The van der Waals surface area contributed by atoms with Gasteiger partial charge in [-0.05, 0) is 50.1 Å². The first-order chi connectivity index (χ1) is 12.2. The van der Waals surface area contributed by atoms with Crippen LogP contribution < -0.4 is 15.0 Å². The maximum atomic E-state index is 12.5. The van der Waals surface area contributed by atoms with Gasteiger partial charge < -0.3 is 15.0 Å². The highest BCUT2D eigenvalue weighted by atomic mass is 16.5. The number of carbonyl (C=O) groups excluding carboxylic acids is 1. The molecular formula is C19H26N4O2. The van der Waals surface area contributed by atoms with E-state index < -0.39 is 0 Å². The lowest BCUT2D eigenvalue weighted by atomic mass is 10.3. The molecule has 0 unspecified atom stereocenters. The lowest BCUT2D eigenvalue weighted by molar-refractivity contribution is 0.102. The number of hydrogen-bond acceptors (Lipinski definition) is 5. The van der Waals surface area contributed by atoms with E-state index in [1.807, 2.05) is 31.2 Å². The molecule has 6 heteroatoms. The van der Waals surface area contributed by atoms with Gasteiger partial charge in [0, 0.05) is 25.0 Å². The summed E-state index contributed by atoms with van der Waals surface area (Å²) in [4.78, 5) is 23.3. The van der Waals surface area contributed by atoms with Crippen molar-refractivity contribution in [3.05, 3.63) is 42.2 Å². The van der Waals surface area contributed by atoms with Crippen molar-refractivity contribution < 1.29 is 9.53 Å². The normalized spacial score (nSPS) is 10.4. The maximum Gasteiger partial charge on any atom is 0.274 e. The summed E-state index contributed by atoms with van der Waals surface area (Å²) in [7, 11) is 0. The van der Waals surface area contributed by atoms with Gasteiger partial charge in [-0.25, -0.2) is 9.97 Å². The summed E-state index contributed by atoms with van der Waals surface area (Å²) >= 11 is 0. The minimum absolute atomic E-state index is 0.249. The van der Waals surface area contributed by atoms with Crippen LogP contribution in [0.3, 0.4) is 0 Å². The summed E-state index contributed by atoms with van der Waals surface area (Å²) in [6, 6.07) is 8.91. The highest BCUT2D eigenvalue weighted by Gasteiger charge is 2.13. The van der Waals surface area contributed by atoms with Crippen LogP contribution in [0.5, 0.6) is 5.75 Å². The molecule has 0 spiro atoms. The second kappa shape index (κ2) is 9.61. The number of benzene rings is 1. The lowest BCUT2D eigenvalue weighted by Gasteiger charge is -2.21. The smallest absolute Gasteiger partial charge is 0.274 e. The van der Waals surface area contributed by atoms with E-state index in [4.69, 9.17) is 4.74 Å². The second-order valence-electron chi connectivity index (χ2n) is 5.64. The zero-order chi connectivity index (χ0) is 18.1. The molecule has 2 aromatic rings. The predicted molar refractivity (Wildman–Crippen MR) is 100 cm³/mol. The zero-order valence-electron chi connectivity index (χ0n) is 15.2. The van der Waals surface area contributed by atoms with Crippen LogP contribution in [-0.2, 0) is 0 Å². The molecule has 0 radical (unpaired) electrons. The first-order valence-electron chi connectivity index (χ1n) is 8.80. The highest BCUT2D eigenvalue weighted by molar-refractivity contribution is 6.03. The minimum atomic E-state index is -0.249. The standard InChI is InChI=1S/C19H26N4O2/c1-4-13-23(14-5-2)19-20-12-11-17(22-19)18(24)21-15-7-9-16(10-8-15)25-6-3/h7-12H,4-6,13-14H2,1-3H3,(H,21,24). The summed E-state index contributed by atoms with van der Waals surface area (Å²) < 4.78 is 5.40. The van der Waals surface area contributed by atoms with Crippen molar-refractivity contribution in [3.63, 3.8) is 0 Å². The molecule has 0 aliphatic rings. The van der Waals surface area contributed by atoms with Gasteiger partial charge in [0.2, 0.25) is 5.95 Å². The molecule has 2 rings (SSSR count). The summed E-state index contributed by atoms with van der Waals surface area (Å²) in [5.41, 5.74) is 1.06. The van der Waals surface area contributed by atoms with Crippen LogP contribution in [-0.4, -0.2) is 35.6 Å². The quantitative estimate of drug-likeness (QED) is 0.751. The Hall–Kier alpha value is -2.63. The molecular weight excluding hydrogens is 316 g/mol. The number of ether oxygens (including phenoxy) is 1. The molecule has 25 heavy (non-hydrogen) atoms. The Balaban J connectivity index is 2.09. The average Bonchev–Trinajstić information content (AvgIpc) is 2.63. The Labute approximate surface area is 149 Å². The largest absolute Gasteiger partial charge is 0.494 e. The highest BCUT2D eigenvalue weighted by Crippen LogP contribution is 2.16. The van der Waals surface area contributed by atoms with Gasteiger partial charge in [0.1, 0.15) is 11.4 Å². The fraction of sp³-hybridized carbons (Fsp3) is 0.421. The van der Waals surface area contributed by atoms with Gasteiger partial charge in [-0.15, -0.1) is 0 Å². The molecule has 1 heterocycles. The third kappa shape index (κ3) is 5.45. The molecule has 1 amide bonds. The number of rotatable bonds is 9. The summed E-state index contributed by atoms with van der Waals surface area (Å²) in [6.07, 6.45) is 3.64. The van der Waals surface area contributed by atoms with Crippen molar-refractivity contribution in [2.45, 2.75) is 33.6 Å². The number of nitrogens with zero attached hydrogens (tertiary/aromatic N) is 3. The van der Waals surface area contributed by atoms with Crippen LogP contribution in [0.25, 0.3) is 0 Å². The van der Waals surface area contributed by atoms with Gasteiger partial charge in [0.15, 0.2) is 0 Å². The zero-order valence-corrected chi connectivity index (χ0v) is 15.2. The van der Waals surface area contributed by atoms with Crippen molar-refractivity contribution in [3.8, 4) is 5.75 Å². The molecule has 0 atom stereocenters. The number of anilines is 2. The van der Waals surface area contributed by atoms with E-state index in [0.717, 1.165) is 31.7 Å². The monoisotopic (exact) mass is 342 g/mol. The van der Waals surface area contributed by atoms with E-state index in [9.17, 15) is 4.79 Å². The Bertz CT molecular complexity index is 667. The van der Waals surface area contributed by atoms with Gasteiger partial charge >= 0.3 is 0 Å². The molecule has 0 aliphatic heterocycles. The molecule has 0 saturated heterocycles. The summed E-state index contributed by atoms with van der Waals surface area (Å²) in [5, 5.41) is 2.85. The van der Waals surface area contributed by atoms with E-state index in [-0.39, 0.29) is 5.91 Å². The van der Waals surface area contributed by atoms with Crippen LogP contribution in [0.4, 0.5) is 11.6 Å². The average molecular weight is 342 g/mol. The molecule has 1 aromatic heterocycles. The van der Waals surface area contributed by atoms with Crippen LogP contribution >= 0.6 is 0 Å². The number of amides is 1. The topological polar surface area (TPSA) is 67.4 Å². The fourth-order valence-electron chi connectivity index (χ4n) is 2.48. The van der Waals surface area contributed by atoms with Crippen molar-refractivity contribution in [1.29, 1.82) is 0 Å². The molecule has 0 saturated carbocycles. The third-order valence-corrected chi connectivity index (χ3v) is 3.57. The number of aromatic nitrogens is 2. The number of nitrogens with one attached hydrogen (secondary N) is 1. The third-order valence-electron chi connectivity index (χ3n) is 3.57. The molecule has 1 N–H and O–H groups in total. The molecule has 0 fully saturated rings. The number of carbonyl (C=O) groups is 1. The summed E-state index contributed by atoms with van der Waals surface area (Å²) in [5.74, 6) is 1.13. The second-order valence-corrected chi connectivity index (χ2v) is 5.64. The first kappa shape index (κ1) is 18.7. The summed E-state index contributed by atoms with van der Waals surface area (Å²) in [6.45, 7) is 8.52. The minimum Gasteiger partial charge on any atom is -0.494 e. The van der Waals surface area contributed by atoms with Crippen LogP contribution in [0, 0.1) is 0 Å². The van der Waals surface area contributed by atoms with Crippen molar-refractivity contribution >= 4 is 17.5 Å². The predicted octanol–water partition coefficient (Wildman–Crippen LogP) is 3.75. The Morgan fingerprint density at radius 3 is 2.36 bits per heavy atom. The van der Waals surface area contributed by atoms with Crippen LogP contribution in [0.1, 0.15) is 44.1 Å². The number of hydrogen-bond donors (Lipinski definition) is 1. The van der Waals surface area contributed by atoms with Gasteiger partial charge in [-0.2, -0.15) is 0 Å². The van der Waals surface area contributed by atoms with E-state index in [1.165, 1.54) is 0 Å². The first-order valence-corrected chi connectivity index (χ1v) is 8.80. The Kier molecular flexibility index (Phi) is 7.19. The maximum absolute atomic E-state index is 12.5. The van der Waals surface area contributed by atoms with E-state index in [1.54, 1.807) is 12.3 Å².